The van der Waals surface area contributed by atoms with E-state index in [9.17, 15) is 29.4 Å². The highest BCUT2D eigenvalue weighted by Crippen LogP contribution is 2.74. The second-order valence-corrected chi connectivity index (χ2v) is 18.3. The van der Waals surface area contributed by atoms with E-state index in [1.807, 2.05) is 0 Å². The fourth-order valence-electron chi connectivity index (χ4n) is 15.2. The summed E-state index contributed by atoms with van der Waals surface area (Å²) >= 11 is 0. The van der Waals surface area contributed by atoms with Crippen molar-refractivity contribution in [1.29, 1.82) is 0 Å². The first-order chi connectivity index (χ1) is 20.7. The Morgan fingerprint density at radius 1 is 0.591 bits per heavy atom. The molecule has 8 aliphatic carbocycles. The molecule has 0 saturated heterocycles. The zero-order chi connectivity index (χ0) is 31.2. The number of hydrogen-bond acceptors (Lipinski definition) is 6. The molecule has 8 aliphatic rings. The first-order valence-corrected chi connectivity index (χ1v) is 18.3. The first kappa shape index (κ1) is 30.0. The Morgan fingerprint density at radius 2 is 1.20 bits per heavy atom. The third-order valence-electron chi connectivity index (χ3n) is 17.6. The van der Waals surface area contributed by atoms with Crippen LogP contribution in [0.25, 0.3) is 0 Å². The van der Waals surface area contributed by atoms with Crippen molar-refractivity contribution in [1.82, 2.24) is 0 Å². The molecule has 0 amide bonds. The normalized spacial score (nSPS) is 58.4. The molecule has 6 heteroatoms. The molecule has 0 aromatic heterocycles. The third kappa shape index (κ3) is 3.41. The Bertz CT molecular complexity index is 1320. The maximum Gasteiger partial charge on any atom is 0.202 e. The van der Waals surface area contributed by atoms with Gasteiger partial charge in [0, 0.05) is 30.6 Å². The van der Waals surface area contributed by atoms with E-state index in [1.165, 1.54) is 0 Å². The maximum absolute atomic E-state index is 13.7. The van der Waals surface area contributed by atoms with E-state index in [0.29, 0.717) is 42.4 Å². The summed E-state index contributed by atoms with van der Waals surface area (Å²) in [6.45, 7) is 9.18. The number of ketones is 4. The fourth-order valence-corrected chi connectivity index (χ4v) is 15.2. The summed E-state index contributed by atoms with van der Waals surface area (Å²) in [5, 5.41) is 24.3. The lowest BCUT2D eigenvalue weighted by atomic mass is 9.38. The SMILES string of the molecule is C[C@]12C(CC[C@@H]3[C@@H]1CC[C@]1(C)[C@@H](O)CC[C@@H]31)C(=O)C(=O)CC2C1(O)CC[C@H]2[C@@H]3CCC4C(=O)C(=O)CC[C@]4(C)[C@@H]3CC[C@@]21C. The quantitative estimate of drug-likeness (QED) is 0.361. The van der Waals surface area contributed by atoms with E-state index < -0.39 is 11.0 Å². The number of fused-ring (bicyclic) bond motifs is 10. The molecular formula is C38H54O6. The molecular weight excluding hydrogens is 552 g/mol. The van der Waals surface area contributed by atoms with Crippen LogP contribution >= 0.6 is 0 Å². The molecule has 8 saturated carbocycles. The number of carbonyl (C=O) groups excluding carboxylic acids is 4. The molecule has 44 heavy (non-hydrogen) atoms. The summed E-state index contributed by atoms with van der Waals surface area (Å²) in [6.07, 6.45) is 11.8. The van der Waals surface area contributed by atoms with Crippen molar-refractivity contribution in [2.75, 3.05) is 0 Å². The number of Topliss-reactive ketones (excluding diaryl/α,β-unsaturated/α-hetero) is 4. The Morgan fingerprint density at radius 3 is 1.95 bits per heavy atom. The Hall–Kier alpha value is -1.40. The highest BCUT2D eigenvalue weighted by Gasteiger charge is 2.73. The number of aliphatic hydroxyl groups is 2. The van der Waals surface area contributed by atoms with Crippen molar-refractivity contribution in [3.05, 3.63) is 0 Å². The highest BCUT2D eigenvalue weighted by molar-refractivity contribution is 6.39. The van der Waals surface area contributed by atoms with Crippen LogP contribution in [-0.4, -0.2) is 45.1 Å². The average molecular weight is 607 g/mol. The van der Waals surface area contributed by atoms with Gasteiger partial charge in [-0.1, -0.05) is 27.7 Å². The van der Waals surface area contributed by atoms with Gasteiger partial charge in [0.25, 0.3) is 0 Å². The largest absolute Gasteiger partial charge is 0.393 e. The zero-order valence-electron chi connectivity index (χ0n) is 27.4. The van der Waals surface area contributed by atoms with Gasteiger partial charge in [-0.25, -0.2) is 0 Å². The van der Waals surface area contributed by atoms with Crippen LogP contribution in [0.5, 0.6) is 0 Å². The van der Waals surface area contributed by atoms with Gasteiger partial charge in [0.2, 0.25) is 11.6 Å². The average Bonchev–Trinajstić information content (AvgIpc) is 3.45. The number of carbonyl (C=O) groups is 4. The van der Waals surface area contributed by atoms with Gasteiger partial charge in [0.1, 0.15) is 0 Å². The molecule has 8 fully saturated rings. The number of aliphatic hydroxyl groups excluding tert-OH is 1. The summed E-state index contributed by atoms with van der Waals surface area (Å²) in [5.41, 5.74) is -1.98. The fraction of sp³-hybridized carbons (Fsp3) is 0.895. The van der Waals surface area contributed by atoms with Crippen molar-refractivity contribution in [2.45, 2.75) is 136 Å². The number of hydrogen-bond donors (Lipinski definition) is 2. The van der Waals surface area contributed by atoms with Crippen molar-refractivity contribution in [3.63, 3.8) is 0 Å². The molecule has 8 rings (SSSR count). The van der Waals surface area contributed by atoms with Gasteiger partial charge in [-0.3, -0.25) is 19.2 Å². The van der Waals surface area contributed by atoms with Crippen molar-refractivity contribution < 1.29 is 29.4 Å². The molecule has 4 unspecified atom stereocenters. The molecule has 0 aromatic rings. The van der Waals surface area contributed by atoms with E-state index >= 15 is 0 Å². The molecule has 0 spiro atoms. The van der Waals surface area contributed by atoms with Crippen LogP contribution in [0.1, 0.15) is 124 Å². The Balaban J connectivity index is 1.15. The van der Waals surface area contributed by atoms with Gasteiger partial charge >= 0.3 is 0 Å². The molecule has 0 aromatic carbocycles. The first-order valence-electron chi connectivity index (χ1n) is 18.3. The highest BCUT2D eigenvalue weighted by atomic mass is 16.3. The molecule has 15 atom stereocenters. The van der Waals surface area contributed by atoms with Gasteiger partial charge < -0.3 is 10.2 Å². The molecule has 6 nitrogen and oxygen atoms in total. The minimum atomic E-state index is -1.01. The summed E-state index contributed by atoms with van der Waals surface area (Å²) < 4.78 is 0. The maximum atomic E-state index is 13.7. The van der Waals surface area contributed by atoms with E-state index in [4.69, 9.17) is 0 Å². The van der Waals surface area contributed by atoms with Crippen LogP contribution in [0.2, 0.25) is 0 Å². The van der Waals surface area contributed by atoms with Crippen LogP contribution in [0.4, 0.5) is 0 Å². The second-order valence-electron chi connectivity index (χ2n) is 18.3. The smallest absolute Gasteiger partial charge is 0.202 e. The van der Waals surface area contributed by atoms with Crippen LogP contribution in [-0.2, 0) is 19.2 Å². The molecule has 0 bridgehead atoms. The lowest BCUT2D eigenvalue weighted by Crippen LogP contribution is -2.67. The second kappa shape index (κ2) is 9.36. The summed E-state index contributed by atoms with van der Waals surface area (Å²) in [5.74, 6) is 0.839. The molecule has 0 aliphatic heterocycles. The lowest BCUT2D eigenvalue weighted by molar-refractivity contribution is -0.227. The van der Waals surface area contributed by atoms with E-state index in [0.717, 1.165) is 77.0 Å². The van der Waals surface area contributed by atoms with Gasteiger partial charge in [-0.15, -0.1) is 0 Å². The van der Waals surface area contributed by atoms with Crippen LogP contribution in [0.3, 0.4) is 0 Å². The Kier molecular flexibility index (Phi) is 6.37. The van der Waals surface area contributed by atoms with Gasteiger partial charge in [-0.2, -0.15) is 0 Å². The van der Waals surface area contributed by atoms with Gasteiger partial charge in [0.05, 0.1) is 11.7 Å². The molecule has 0 heterocycles. The number of rotatable bonds is 1. The van der Waals surface area contributed by atoms with Crippen LogP contribution < -0.4 is 0 Å². The minimum Gasteiger partial charge on any atom is -0.393 e. The van der Waals surface area contributed by atoms with Crippen molar-refractivity contribution in [3.8, 4) is 0 Å². The standard InChI is InChI=1S/C38H54O6/c1-34-16-14-28(39)32(42)26(34)7-5-20-23(34)12-17-36(3)24(20)13-18-38(36,44)30-19-29(40)33(43)27-8-6-21-22-9-10-31(41)35(22,2)15-11-25(21)37(27,30)4/h20-27,30-31,41,44H,5-19H2,1-4H3/t20-,21+,22+,23-,24+,25+,26?,27?,30?,31+,34-,35+,36+,37-,38?/m1/s1. The summed E-state index contributed by atoms with van der Waals surface area (Å²) in [4.78, 5) is 52.6. The lowest BCUT2D eigenvalue weighted by Gasteiger charge is -2.66. The minimum absolute atomic E-state index is 0.0614. The predicted molar refractivity (Wildman–Crippen MR) is 164 cm³/mol. The third-order valence-corrected chi connectivity index (χ3v) is 17.6. The van der Waals surface area contributed by atoms with Crippen molar-refractivity contribution in [2.24, 2.45) is 74.9 Å². The molecule has 242 valence electrons. The van der Waals surface area contributed by atoms with Crippen molar-refractivity contribution >= 4 is 23.1 Å². The zero-order valence-corrected chi connectivity index (χ0v) is 27.4. The van der Waals surface area contributed by atoms with Crippen LogP contribution in [0.15, 0.2) is 0 Å². The van der Waals surface area contributed by atoms with E-state index in [2.05, 4.69) is 27.7 Å². The molecule has 2 N–H and O–H groups in total. The topological polar surface area (TPSA) is 109 Å². The van der Waals surface area contributed by atoms with E-state index in [1.54, 1.807) is 0 Å². The molecule has 0 radical (unpaired) electrons. The predicted octanol–water partition coefficient (Wildman–Crippen LogP) is 5.89. The van der Waals surface area contributed by atoms with Gasteiger partial charge in [0.15, 0.2) is 11.6 Å². The Labute approximate surface area is 262 Å². The van der Waals surface area contributed by atoms with Gasteiger partial charge in [-0.05, 0) is 141 Å². The van der Waals surface area contributed by atoms with Crippen LogP contribution in [0, 0.1) is 74.9 Å². The monoisotopic (exact) mass is 606 g/mol. The summed E-state index contributed by atoms with van der Waals surface area (Å²) in [6, 6.07) is 0. The van der Waals surface area contributed by atoms with E-state index in [-0.39, 0.29) is 75.6 Å². The summed E-state index contributed by atoms with van der Waals surface area (Å²) in [7, 11) is 0.